The topological polar surface area (TPSA) is 29.5 Å². The lowest BCUT2D eigenvalue weighted by Gasteiger charge is -2.14. The smallest absolute Gasteiger partial charge is 0.270 e. The number of aryl methyl sites for hydroxylation is 1. The standard InChI is InChI=1S/C18H13Br2NO2S2/c1-10-3-5-13(6-4-10)21-17(22)15(25-18(21)24)8-11-7-12(19)9-14(20)16(11)23-2/h3-9H,1-2H3/b15-8+. The Hall–Kier alpha value is -1.15. The summed E-state index contributed by atoms with van der Waals surface area (Å²) < 4.78 is 7.67. The van der Waals surface area contributed by atoms with E-state index < -0.39 is 0 Å². The molecule has 3 nitrogen and oxygen atoms in total. The van der Waals surface area contributed by atoms with Gasteiger partial charge in [0.25, 0.3) is 5.91 Å². The molecule has 0 aromatic heterocycles. The van der Waals surface area contributed by atoms with Crippen molar-refractivity contribution in [1.82, 2.24) is 0 Å². The van der Waals surface area contributed by atoms with Crippen molar-refractivity contribution in [2.24, 2.45) is 0 Å². The van der Waals surface area contributed by atoms with Crippen LogP contribution < -0.4 is 9.64 Å². The fourth-order valence-corrected chi connectivity index (χ4v) is 5.14. The third-order valence-electron chi connectivity index (χ3n) is 3.61. The molecular formula is C18H13Br2NO2S2. The third kappa shape index (κ3) is 3.84. The van der Waals surface area contributed by atoms with Gasteiger partial charge in [0, 0.05) is 10.0 Å². The van der Waals surface area contributed by atoms with Crippen molar-refractivity contribution in [3.05, 3.63) is 61.4 Å². The van der Waals surface area contributed by atoms with E-state index in [1.165, 1.54) is 11.8 Å². The summed E-state index contributed by atoms with van der Waals surface area (Å²) in [7, 11) is 1.60. The molecule has 1 aliphatic rings. The number of amides is 1. The van der Waals surface area contributed by atoms with Crippen molar-refractivity contribution < 1.29 is 9.53 Å². The van der Waals surface area contributed by atoms with Crippen LogP contribution in [0.5, 0.6) is 5.75 Å². The van der Waals surface area contributed by atoms with Crippen LogP contribution in [0, 0.1) is 6.92 Å². The summed E-state index contributed by atoms with van der Waals surface area (Å²) in [4.78, 5) is 15.0. The highest BCUT2D eigenvalue weighted by Crippen LogP contribution is 2.39. The predicted molar refractivity (Wildman–Crippen MR) is 115 cm³/mol. The average Bonchev–Trinajstić information content (AvgIpc) is 2.82. The van der Waals surface area contributed by atoms with Crippen LogP contribution >= 0.6 is 55.8 Å². The Balaban J connectivity index is 2.00. The Morgan fingerprint density at radius 2 is 1.88 bits per heavy atom. The SMILES string of the molecule is COc1c(Br)cc(Br)cc1/C=C1/SC(=S)N(c2ccc(C)cc2)C1=O. The molecular weight excluding hydrogens is 486 g/mol. The number of ether oxygens (including phenoxy) is 1. The van der Waals surface area contributed by atoms with Crippen molar-refractivity contribution in [3.8, 4) is 5.75 Å². The van der Waals surface area contributed by atoms with Crippen LogP contribution in [0.1, 0.15) is 11.1 Å². The predicted octanol–water partition coefficient (Wildman–Crippen LogP) is 5.93. The number of halogens is 2. The summed E-state index contributed by atoms with van der Waals surface area (Å²) >= 11 is 13.6. The van der Waals surface area contributed by atoms with E-state index in [2.05, 4.69) is 31.9 Å². The molecule has 0 aliphatic carbocycles. The molecule has 1 aliphatic heterocycles. The molecule has 1 heterocycles. The van der Waals surface area contributed by atoms with Gasteiger partial charge in [0.05, 0.1) is 22.2 Å². The number of nitrogens with zero attached hydrogens (tertiary/aromatic N) is 1. The molecule has 0 unspecified atom stereocenters. The van der Waals surface area contributed by atoms with Gasteiger partial charge in [-0.2, -0.15) is 0 Å². The molecule has 0 atom stereocenters. The highest BCUT2D eigenvalue weighted by atomic mass is 79.9. The minimum atomic E-state index is -0.128. The Kier molecular flexibility index (Phi) is 5.68. The van der Waals surface area contributed by atoms with E-state index in [1.807, 2.05) is 49.4 Å². The van der Waals surface area contributed by atoms with E-state index in [9.17, 15) is 4.79 Å². The molecule has 0 bridgehead atoms. The van der Waals surface area contributed by atoms with Gasteiger partial charge in [0.15, 0.2) is 4.32 Å². The first-order chi connectivity index (χ1) is 11.9. The molecule has 2 aromatic carbocycles. The molecule has 3 rings (SSSR count). The summed E-state index contributed by atoms with van der Waals surface area (Å²) in [5.74, 6) is 0.542. The van der Waals surface area contributed by atoms with Crippen LogP contribution in [0.15, 0.2) is 50.2 Å². The molecule has 1 saturated heterocycles. The van der Waals surface area contributed by atoms with Crippen LogP contribution in [0.2, 0.25) is 0 Å². The first kappa shape index (κ1) is 18.6. The zero-order valence-corrected chi connectivity index (χ0v) is 18.2. The van der Waals surface area contributed by atoms with E-state index in [1.54, 1.807) is 12.0 Å². The van der Waals surface area contributed by atoms with Gasteiger partial charge < -0.3 is 4.74 Å². The van der Waals surface area contributed by atoms with Crippen LogP contribution in [-0.4, -0.2) is 17.3 Å². The zero-order chi connectivity index (χ0) is 18.1. The Morgan fingerprint density at radius 3 is 2.52 bits per heavy atom. The van der Waals surface area contributed by atoms with Gasteiger partial charge in [0.2, 0.25) is 0 Å². The second kappa shape index (κ2) is 7.61. The van der Waals surface area contributed by atoms with Crippen LogP contribution in [0.25, 0.3) is 6.08 Å². The van der Waals surface area contributed by atoms with Crippen LogP contribution in [0.4, 0.5) is 5.69 Å². The Bertz CT molecular complexity index is 895. The molecule has 0 N–H and O–H groups in total. The molecule has 7 heteroatoms. The molecule has 1 fully saturated rings. The zero-order valence-electron chi connectivity index (χ0n) is 13.4. The van der Waals surface area contributed by atoms with Crippen molar-refractivity contribution in [3.63, 3.8) is 0 Å². The van der Waals surface area contributed by atoms with E-state index in [-0.39, 0.29) is 5.91 Å². The van der Waals surface area contributed by atoms with Crippen LogP contribution in [0.3, 0.4) is 0 Å². The molecule has 2 aromatic rings. The molecule has 128 valence electrons. The lowest BCUT2D eigenvalue weighted by Crippen LogP contribution is -2.27. The lowest BCUT2D eigenvalue weighted by molar-refractivity contribution is -0.113. The van der Waals surface area contributed by atoms with Crippen molar-refractivity contribution >= 4 is 77.8 Å². The highest BCUT2D eigenvalue weighted by Gasteiger charge is 2.33. The fourth-order valence-electron chi connectivity index (χ4n) is 2.43. The average molecular weight is 499 g/mol. The number of thiocarbonyl (C=S) groups is 1. The summed E-state index contributed by atoms with van der Waals surface area (Å²) in [5.41, 5.74) is 2.71. The normalized spacial score (nSPS) is 16.0. The number of thioether (sulfide) groups is 1. The van der Waals surface area contributed by atoms with Crippen molar-refractivity contribution in [2.75, 3.05) is 12.0 Å². The first-order valence-corrected chi connectivity index (χ1v) is 10.1. The van der Waals surface area contributed by atoms with Crippen molar-refractivity contribution in [2.45, 2.75) is 6.92 Å². The van der Waals surface area contributed by atoms with Gasteiger partial charge in [-0.05, 0) is 53.2 Å². The summed E-state index contributed by atoms with van der Waals surface area (Å²) in [6.45, 7) is 2.01. The number of anilines is 1. The number of carbonyl (C=O) groups is 1. The first-order valence-electron chi connectivity index (χ1n) is 7.28. The summed E-state index contributed by atoms with van der Waals surface area (Å²) in [5, 5.41) is 0. The number of hydrogen-bond donors (Lipinski definition) is 0. The molecule has 0 saturated carbocycles. The monoisotopic (exact) mass is 497 g/mol. The molecule has 0 radical (unpaired) electrons. The molecule has 0 spiro atoms. The summed E-state index contributed by atoms with van der Waals surface area (Å²) in [6.07, 6.45) is 1.81. The second-order valence-electron chi connectivity index (χ2n) is 5.36. The number of methoxy groups -OCH3 is 1. The van der Waals surface area contributed by atoms with E-state index >= 15 is 0 Å². The maximum atomic E-state index is 12.9. The van der Waals surface area contributed by atoms with Gasteiger partial charge in [-0.1, -0.05) is 57.6 Å². The number of benzene rings is 2. The lowest BCUT2D eigenvalue weighted by atomic mass is 10.1. The molecule has 25 heavy (non-hydrogen) atoms. The van der Waals surface area contributed by atoms with Crippen LogP contribution in [-0.2, 0) is 4.79 Å². The minimum Gasteiger partial charge on any atom is -0.495 e. The fraction of sp³-hybridized carbons (Fsp3) is 0.111. The van der Waals surface area contributed by atoms with Gasteiger partial charge in [0.1, 0.15) is 5.75 Å². The van der Waals surface area contributed by atoms with Gasteiger partial charge in [-0.15, -0.1) is 0 Å². The number of hydrogen-bond acceptors (Lipinski definition) is 4. The minimum absolute atomic E-state index is 0.128. The summed E-state index contributed by atoms with van der Waals surface area (Å²) in [6, 6.07) is 11.5. The van der Waals surface area contributed by atoms with Crippen molar-refractivity contribution in [1.29, 1.82) is 0 Å². The van der Waals surface area contributed by atoms with E-state index in [0.717, 1.165) is 25.8 Å². The Morgan fingerprint density at radius 1 is 1.20 bits per heavy atom. The maximum absolute atomic E-state index is 12.9. The van der Waals surface area contributed by atoms with Gasteiger partial charge >= 0.3 is 0 Å². The number of rotatable bonds is 3. The molecule has 1 amide bonds. The largest absolute Gasteiger partial charge is 0.495 e. The third-order valence-corrected chi connectivity index (χ3v) is 5.96. The van der Waals surface area contributed by atoms with Gasteiger partial charge in [-0.25, -0.2) is 0 Å². The maximum Gasteiger partial charge on any atom is 0.270 e. The highest BCUT2D eigenvalue weighted by molar-refractivity contribution is 9.11. The number of carbonyl (C=O) groups excluding carboxylic acids is 1. The Labute approximate surface area is 172 Å². The van der Waals surface area contributed by atoms with E-state index in [0.29, 0.717) is 15.0 Å². The second-order valence-corrected chi connectivity index (χ2v) is 8.81. The quantitative estimate of drug-likeness (QED) is 0.387. The van der Waals surface area contributed by atoms with Gasteiger partial charge in [-0.3, -0.25) is 9.69 Å². The van der Waals surface area contributed by atoms with E-state index in [4.69, 9.17) is 17.0 Å².